The lowest BCUT2D eigenvalue weighted by atomic mass is 9.87. The van der Waals surface area contributed by atoms with Crippen LogP contribution in [0.25, 0.3) is 0 Å². The number of Topliss-reactive ketones (excluding diaryl/α,β-unsaturated/α-hetero) is 1. The molecule has 0 unspecified atom stereocenters. The van der Waals surface area contributed by atoms with Gasteiger partial charge in [0.2, 0.25) is 18.2 Å². The van der Waals surface area contributed by atoms with Crippen molar-refractivity contribution in [3.05, 3.63) is 110 Å². The first-order valence-electron chi connectivity index (χ1n) is 45.5. The lowest BCUT2D eigenvalue weighted by Crippen LogP contribution is -2.53. The maximum absolute atomic E-state index is 11.6. The van der Waals surface area contributed by atoms with Crippen molar-refractivity contribution < 1.29 is 13.7 Å². The third-order valence-electron chi connectivity index (χ3n) is 26.4. The van der Waals surface area contributed by atoms with Crippen LogP contribution in [0.15, 0.2) is 112 Å². The van der Waals surface area contributed by atoms with E-state index < -0.39 is 0 Å². The molecule has 0 amide bonds. The molecule has 0 atom stereocenters. The van der Waals surface area contributed by atoms with Gasteiger partial charge in [0.25, 0.3) is 0 Å². The van der Waals surface area contributed by atoms with Gasteiger partial charge in [-0.1, -0.05) is 10.4 Å². The molecular formula is C92H160N24O3. The normalized spacial score (nSPS) is 21.7. The van der Waals surface area contributed by atoms with Crippen LogP contribution in [0.4, 0.5) is 0 Å². The molecule has 1 aliphatic carbocycles. The second kappa shape index (κ2) is 44.0. The fraction of sp³-hybridized carbons (Fsp3) is 0.783. The van der Waals surface area contributed by atoms with E-state index >= 15 is 0 Å². The quantitative estimate of drug-likeness (QED) is 0.138. The summed E-state index contributed by atoms with van der Waals surface area (Å²) in [4.78, 5) is 50.6. The molecule has 16 rings (SSSR count). The first-order valence-corrected chi connectivity index (χ1v) is 45.5. The molecule has 8 fully saturated rings. The maximum atomic E-state index is 11.6. The highest BCUT2D eigenvalue weighted by molar-refractivity contribution is 5.98. The van der Waals surface area contributed by atoms with E-state index in [1.807, 2.05) is 59.8 Å². The zero-order chi connectivity index (χ0) is 86.4. The minimum atomic E-state index is 0.265. The predicted octanol–water partition coefficient (Wildman–Crippen LogP) is 15.5. The van der Waals surface area contributed by atoms with E-state index in [1.165, 1.54) is 122 Å². The van der Waals surface area contributed by atoms with Crippen molar-refractivity contribution in [1.29, 1.82) is 0 Å². The Morgan fingerprint density at radius 2 is 0.866 bits per heavy atom. The third-order valence-corrected chi connectivity index (χ3v) is 26.4. The Bertz CT molecular complexity index is 3440. The van der Waals surface area contributed by atoms with Crippen molar-refractivity contribution in [2.24, 2.45) is 10.9 Å². The first kappa shape index (κ1) is 96.1. The number of piperidine rings is 7. The van der Waals surface area contributed by atoms with E-state index in [2.05, 4.69) is 280 Å². The van der Waals surface area contributed by atoms with Gasteiger partial charge < -0.3 is 23.3 Å². The number of aromatic nitrogens is 14. The summed E-state index contributed by atoms with van der Waals surface area (Å²) in [6, 6.07) is 4.37. The van der Waals surface area contributed by atoms with Crippen LogP contribution < -0.4 is 0 Å². The fourth-order valence-electron chi connectivity index (χ4n) is 18.2. The van der Waals surface area contributed by atoms with E-state index in [4.69, 9.17) is 8.94 Å². The van der Waals surface area contributed by atoms with E-state index in [0.717, 1.165) is 147 Å². The molecule has 27 heteroatoms. The smallest absolute Gasteiger partial charge is 0.229 e. The average Bonchev–Trinajstić information content (AvgIpc) is 1.79. The van der Waals surface area contributed by atoms with Crippen molar-refractivity contribution in [3.63, 3.8) is 0 Å². The molecule has 27 nitrogen and oxygen atoms in total. The standard InChI is InChI=1S/C14H24N2O.C13H22N2.2C12H21N3.2C11H20N4.C11H19N3O.C8H13N3O/c1-11-12(5-6-13(11)17)15-7-9-16(10-8-15)14(2,3)4;1-13(2,3)15-8-5-11(6-9-15)12-4-7-14-10-12;1-12(2,3)15-7-4-11(5-8-15)14-9-6-13-10-14;1-12(2,3)14-9-5-11(6-10-14)15-8-4-7-13-15;1-11(2,3)14-7-4-10(5-8-14)15-9-6-12-13-15;1-11(2,3)14-6-4-10(5-7-14)15-9-12-8-13-15;1-11(2,3)14-6-4-9(5-7-14)10-13-12-8-15-10;1-11-4-2-7(3-5-11)8-9-6-10-12-8/h5-10H2,1-4H3;4,7,11H,5-6,8-10H2,1-3H3;6,9-11H,4-5,7-8H2,1-3H3;4,7-8,11H,5-6,9-10H2,1-3H3;6,9-10H,4-5,7-8H2,1-3H3;8-10H,4-7H2,1-3H3;8-9H,4-7H2,1-3H3;6-7H,2-5H2,1H3. The molecule has 8 saturated heterocycles. The zero-order valence-corrected chi connectivity index (χ0v) is 78.3. The molecule has 666 valence electrons. The van der Waals surface area contributed by atoms with Gasteiger partial charge in [0, 0.05) is 190 Å². The number of nitrogens with zero attached hydrogens (tertiary/aromatic N) is 24. The van der Waals surface area contributed by atoms with Gasteiger partial charge in [0.1, 0.15) is 12.7 Å². The molecule has 0 aromatic carbocycles. The Hall–Kier alpha value is -6.72. The number of imidazole rings is 1. The number of piperazine rings is 1. The summed E-state index contributed by atoms with van der Waals surface area (Å²) in [5.74, 6) is 3.71. The van der Waals surface area contributed by atoms with Crippen LogP contribution in [0.1, 0.15) is 303 Å². The maximum Gasteiger partial charge on any atom is 0.229 e. The van der Waals surface area contributed by atoms with Gasteiger partial charge in [-0.2, -0.15) is 15.2 Å². The van der Waals surface area contributed by atoms with Gasteiger partial charge in [0.05, 0.1) is 37.2 Å². The molecule has 10 aliphatic rings. The second-order valence-corrected chi connectivity index (χ2v) is 41.7. The molecule has 0 spiro atoms. The Morgan fingerprint density at radius 3 is 1.24 bits per heavy atom. The highest BCUT2D eigenvalue weighted by atomic mass is 16.5. The Balaban J connectivity index is 0.000000155. The summed E-state index contributed by atoms with van der Waals surface area (Å²) < 4.78 is 18.6. The monoisotopic (exact) mass is 1650 g/mol. The van der Waals surface area contributed by atoms with Gasteiger partial charge in [-0.25, -0.2) is 19.3 Å². The number of hydrogen-bond donors (Lipinski definition) is 0. The summed E-state index contributed by atoms with van der Waals surface area (Å²) in [6.07, 6.45) is 42.6. The minimum absolute atomic E-state index is 0.265. The predicted molar refractivity (Wildman–Crippen MR) is 480 cm³/mol. The van der Waals surface area contributed by atoms with Crippen LogP contribution in [-0.2, 0) is 4.79 Å². The zero-order valence-electron chi connectivity index (χ0n) is 78.3. The van der Waals surface area contributed by atoms with Crippen LogP contribution in [0.3, 0.4) is 0 Å². The number of carbonyl (C=O) groups excluding carboxylic acids is 1. The molecule has 6 aromatic heterocycles. The van der Waals surface area contributed by atoms with Crippen LogP contribution in [-0.4, -0.2) is 296 Å². The number of aliphatic imine (C=N–C) groups is 1. The summed E-state index contributed by atoms with van der Waals surface area (Å²) >= 11 is 0. The summed E-state index contributed by atoms with van der Waals surface area (Å²) in [6.45, 7) is 71.7. The summed E-state index contributed by atoms with van der Waals surface area (Å²) in [7, 11) is 2.14. The largest absolute Gasteiger partial charge is 0.428 e. The van der Waals surface area contributed by atoms with E-state index in [0.29, 0.717) is 69.5 Å². The van der Waals surface area contributed by atoms with E-state index in [9.17, 15) is 4.79 Å². The van der Waals surface area contributed by atoms with E-state index in [-0.39, 0.29) is 11.1 Å². The number of allylic oxidation sites excluding steroid dienone is 3. The van der Waals surface area contributed by atoms with Crippen LogP contribution in [0.5, 0.6) is 0 Å². The molecule has 9 aliphatic heterocycles. The van der Waals surface area contributed by atoms with Crippen LogP contribution in [0, 0.1) is 5.92 Å². The van der Waals surface area contributed by atoms with Crippen molar-refractivity contribution >= 4 is 12.0 Å². The molecule has 0 N–H and O–H groups in total. The molecular weight excluding hydrogens is 1490 g/mol. The number of likely N-dealkylation sites (tertiary alicyclic amines) is 7. The van der Waals surface area contributed by atoms with Gasteiger partial charge in [0.15, 0.2) is 12.1 Å². The third kappa shape index (κ3) is 30.3. The molecule has 0 saturated carbocycles. The molecule has 119 heavy (non-hydrogen) atoms. The van der Waals surface area contributed by atoms with Crippen LogP contribution >= 0.6 is 0 Å². The summed E-state index contributed by atoms with van der Waals surface area (Å²) in [5, 5.41) is 27.8. The summed E-state index contributed by atoms with van der Waals surface area (Å²) in [5.41, 5.74) is 5.99. The second-order valence-electron chi connectivity index (χ2n) is 41.7. The highest BCUT2D eigenvalue weighted by Crippen LogP contribution is 2.35. The Kier molecular flexibility index (Phi) is 35.6. The van der Waals surface area contributed by atoms with Gasteiger partial charge >= 0.3 is 0 Å². The number of rotatable bonds is 8. The Labute approximate surface area is 717 Å². The first-order chi connectivity index (χ1) is 56.2. The van der Waals surface area contributed by atoms with Gasteiger partial charge in [-0.3, -0.25) is 48.8 Å². The highest BCUT2D eigenvalue weighted by Gasteiger charge is 2.36. The molecule has 6 aromatic rings. The number of carbonyl (C=O) groups is 1. The minimum Gasteiger partial charge on any atom is -0.428 e. The average molecular weight is 1650 g/mol. The molecule has 0 radical (unpaired) electrons. The molecule has 0 bridgehead atoms. The van der Waals surface area contributed by atoms with Crippen molar-refractivity contribution in [2.45, 2.75) is 330 Å². The van der Waals surface area contributed by atoms with Gasteiger partial charge in [-0.05, 0) is 319 Å². The van der Waals surface area contributed by atoms with Crippen LogP contribution in [0.2, 0.25) is 0 Å². The lowest BCUT2D eigenvalue weighted by Gasteiger charge is -2.43. The van der Waals surface area contributed by atoms with Gasteiger partial charge in [-0.15, -0.1) is 15.3 Å². The van der Waals surface area contributed by atoms with E-state index in [1.54, 1.807) is 18.1 Å². The van der Waals surface area contributed by atoms with Crippen molar-refractivity contribution in [2.75, 3.05) is 131 Å². The van der Waals surface area contributed by atoms with Crippen molar-refractivity contribution in [1.82, 2.24) is 114 Å². The number of ketones is 1. The Morgan fingerprint density at radius 1 is 0.412 bits per heavy atom. The lowest BCUT2D eigenvalue weighted by molar-refractivity contribution is -0.114. The molecule has 15 heterocycles. The SMILES string of the molecule is CC(C)(C)N1CCC(C2=CC=NC2)CC1.CC(C)(C)N1CCC(c2nnco2)CC1.CC(C)(C)N1CCC(n2cccn2)CC1.CC(C)(C)N1CCC(n2ccnc2)CC1.CC(C)(C)N1CCC(n2ccnn2)CC1.CC(C)(C)N1CCC(n2cncn2)CC1.CC1=C(N2CCN(C(C)(C)C)CC2)CCC1=O.CN1CCC(c2ncno2)CC1. The van der Waals surface area contributed by atoms with Crippen molar-refractivity contribution in [3.8, 4) is 0 Å². The topological polar surface area (TPSA) is 233 Å². The fourth-order valence-corrected chi connectivity index (χ4v) is 18.2. The number of hydrogen-bond acceptors (Lipinski definition) is 23.